The third-order valence-electron chi connectivity index (χ3n) is 4.62. The summed E-state index contributed by atoms with van der Waals surface area (Å²) in [6, 6.07) is 8.49. The van der Waals surface area contributed by atoms with E-state index in [9.17, 15) is 0 Å². The van der Waals surface area contributed by atoms with Crippen LogP contribution in [0.5, 0.6) is 0 Å². The number of benzene rings is 1. The van der Waals surface area contributed by atoms with Crippen LogP contribution in [0.1, 0.15) is 43.7 Å². The summed E-state index contributed by atoms with van der Waals surface area (Å²) in [6.45, 7) is 4.30. The highest BCUT2D eigenvalue weighted by molar-refractivity contribution is 5.85. The first-order valence-corrected chi connectivity index (χ1v) is 7.64. The van der Waals surface area contributed by atoms with Gasteiger partial charge in [0.2, 0.25) is 0 Å². The van der Waals surface area contributed by atoms with Crippen molar-refractivity contribution < 1.29 is 0 Å². The van der Waals surface area contributed by atoms with Gasteiger partial charge in [0.15, 0.2) is 0 Å². The monoisotopic (exact) mass is 265 g/mol. The van der Waals surface area contributed by atoms with E-state index in [-0.39, 0.29) is 5.54 Å². The van der Waals surface area contributed by atoms with E-state index in [4.69, 9.17) is 4.99 Å². The van der Waals surface area contributed by atoms with Crippen LogP contribution >= 0.6 is 0 Å². The molecule has 0 spiro atoms. The molecule has 1 fully saturated rings. The molecule has 0 N–H and O–H groups in total. The molecule has 0 aromatic heterocycles. The molecule has 1 aromatic rings. The van der Waals surface area contributed by atoms with E-state index >= 15 is 0 Å². The molecule has 0 saturated heterocycles. The topological polar surface area (TPSA) is 12.4 Å². The van der Waals surface area contributed by atoms with E-state index in [2.05, 4.69) is 62.6 Å². The standard InChI is InChI=1S/C19H23N/c1-15(12-18-8-4-3-6-16(18)2)14-20-19-10-5-7-17(13-19)9-11-19/h3-6,8,10,12,14,17H,7,9,11,13H2,1-2H3/b15-12+,20-14+. The molecule has 2 aliphatic carbocycles. The average Bonchev–Trinajstić information content (AvgIpc) is 2.75. The molecule has 1 aromatic carbocycles. The molecule has 0 radical (unpaired) electrons. The van der Waals surface area contributed by atoms with Crippen LogP contribution in [-0.4, -0.2) is 11.8 Å². The molecule has 2 atom stereocenters. The second kappa shape index (κ2) is 5.40. The Balaban J connectivity index is 1.77. The quantitative estimate of drug-likeness (QED) is 0.540. The van der Waals surface area contributed by atoms with Crippen LogP contribution in [-0.2, 0) is 0 Å². The lowest BCUT2D eigenvalue weighted by Gasteiger charge is -2.23. The predicted octanol–water partition coefficient (Wildman–Crippen LogP) is 4.97. The lowest BCUT2D eigenvalue weighted by atomic mass is 9.90. The maximum Gasteiger partial charge on any atom is 0.0790 e. The van der Waals surface area contributed by atoms with Crippen LogP contribution in [0, 0.1) is 12.8 Å². The normalized spacial score (nSPS) is 29.3. The maximum absolute atomic E-state index is 4.92. The summed E-state index contributed by atoms with van der Waals surface area (Å²) in [4.78, 5) is 4.92. The van der Waals surface area contributed by atoms with Crippen molar-refractivity contribution in [2.75, 3.05) is 0 Å². The molecule has 0 heterocycles. The highest BCUT2D eigenvalue weighted by Gasteiger charge is 2.38. The minimum Gasteiger partial charge on any atom is -0.282 e. The van der Waals surface area contributed by atoms with Crippen molar-refractivity contribution in [3.63, 3.8) is 0 Å². The van der Waals surface area contributed by atoms with Gasteiger partial charge in [0.1, 0.15) is 0 Å². The lowest BCUT2D eigenvalue weighted by molar-refractivity contribution is 0.474. The van der Waals surface area contributed by atoms with Gasteiger partial charge in [0.05, 0.1) is 5.54 Å². The molecule has 0 amide bonds. The van der Waals surface area contributed by atoms with Gasteiger partial charge in [-0.05, 0) is 62.1 Å². The predicted molar refractivity (Wildman–Crippen MR) is 87.2 cm³/mol. The van der Waals surface area contributed by atoms with Gasteiger partial charge in [-0.25, -0.2) is 0 Å². The molecular weight excluding hydrogens is 242 g/mol. The van der Waals surface area contributed by atoms with Gasteiger partial charge in [-0.3, -0.25) is 4.99 Å². The third kappa shape index (κ3) is 2.77. The van der Waals surface area contributed by atoms with Crippen molar-refractivity contribution in [3.8, 4) is 0 Å². The van der Waals surface area contributed by atoms with Crippen LogP contribution in [0.4, 0.5) is 0 Å². The highest BCUT2D eigenvalue weighted by atomic mass is 14.9. The minimum absolute atomic E-state index is 0.115. The van der Waals surface area contributed by atoms with Gasteiger partial charge in [-0.1, -0.05) is 42.5 Å². The summed E-state index contributed by atoms with van der Waals surface area (Å²) in [5, 5.41) is 0. The molecule has 1 nitrogen and oxygen atoms in total. The largest absolute Gasteiger partial charge is 0.282 e. The Kier molecular flexibility index (Phi) is 3.60. The third-order valence-corrected chi connectivity index (χ3v) is 4.62. The molecule has 1 saturated carbocycles. The van der Waals surface area contributed by atoms with E-state index in [0.29, 0.717) is 0 Å². The number of aliphatic imine (C=N–C) groups is 1. The average molecular weight is 265 g/mol. The number of nitrogens with zero attached hydrogens (tertiary/aromatic N) is 1. The van der Waals surface area contributed by atoms with Crippen LogP contribution in [0.25, 0.3) is 6.08 Å². The van der Waals surface area contributed by atoms with Gasteiger partial charge in [0, 0.05) is 6.21 Å². The Hall–Kier alpha value is -1.63. The Labute approximate surface area is 122 Å². The van der Waals surface area contributed by atoms with Gasteiger partial charge in [-0.2, -0.15) is 0 Å². The van der Waals surface area contributed by atoms with E-state index in [1.54, 1.807) is 0 Å². The number of hydrogen-bond donors (Lipinski definition) is 0. The second-order valence-electron chi connectivity index (χ2n) is 6.35. The molecule has 1 heteroatoms. The number of allylic oxidation sites excluding steroid dienone is 2. The van der Waals surface area contributed by atoms with E-state index in [0.717, 1.165) is 5.92 Å². The summed E-state index contributed by atoms with van der Waals surface area (Å²) >= 11 is 0. The number of aryl methyl sites for hydroxylation is 1. The van der Waals surface area contributed by atoms with Crippen LogP contribution in [0.2, 0.25) is 0 Å². The first kappa shape index (κ1) is 13.4. The van der Waals surface area contributed by atoms with E-state index < -0.39 is 0 Å². The fourth-order valence-electron chi connectivity index (χ4n) is 3.41. The van der Waals surface area contributed by atoms with E-state index in [1.807, 2.05) is 0 Å². The zero-order valence-corrected chi connectivity index (χ0v) is 12.5. The first-order valence-electron chi connectivity index (χ1n) is 7.64. The summed E-state index contributed by atoms with van der Waals surface area (Å²) in [6.07, 6.45) is 14.0. The zero-order chi connectivity index (χ0) is 14.0. The fourth-order valence-corrected chi connectivity index (χ4v) is 3.41. The molecule has 20 heavy (non-hydrogen) atoms. The Morgan fingerprint density at radius 1 is 1.35 bits per heavy atom. The van der Waals surface area contributed by atoms with Crippen molar-refractivity contribution >= 4 is 12.3 Å². The fraction of sp³-hybridized carbons (Fsp3) is 0.421. The molecule has 2 bridgehead atoms. The number of fused-ring (bicyclic) bond motifs is 2. The van der Waals surface area contributed by atoms with Crippen molar-refractivity contribution in [2.45, 2.75) is 45.1 Å². The summed E-state index contributed by atoms with van der Waals surface area (Å²) in [7, 11) is 0. The molecule has 0 aliphatic heterocycles. The highest BCUT2D eigenvalue weighted by Crippen LogP contribution is 2.43. The number of rotatable bonds is 3. The second-order valence-corrected chi connectivity index (χ2v) is 6.35. The minimum atomic E-state index is 0.115. The summed E-state index contributed by atoms with van der Waals surface area (Å²) in [5.41, 5.74) is 3.95. The van der Waals surface area contributed by atoms with Gasteiger partial charge < -0.3 is 0 Å². The maximum atomic E-state index is 4.92. The van der Waals surface area contributed by atoms with Crippen LogP contribution in [0.3, 0.4) is 0 Å². The molecule has 104 valence electrons. The first-order chi connectivity index (χ1) is 9.67. The van der Waals surface area contributed by atoms with Gasteiger partial charge in [-0.15, -0.1) is 0 Å². The summed E-state index contributed by atoms with van der Waals surface area (Å²) in [5.74, 6) is 0.873. The Morgan fingerprint density at radius 3 is 3.05 bits per heavy atom. The molecule has 2 aliphatic rings. The number of hydrogen-bond acceptors (Lipinski definition) is 1. The Bertz CT molecular complexity index is 579. The smallest absolute Gasteiger partial charge is 0.0790 e. The zero-order valence-electron chi connectivity index (χ0n) is 12.5. The SMILES string of the molecule is CC(/C=N/C12C=CCC(CC1)C2)=C\c1ccccc1C. The molecule has 2 unspecified atom stereocenters. The van der Waals surface area contributed by atoms with Crippen molar-refractivity contribution in [1.29, 1.82) is 0 Å². The van der Waals surface area contributed by atoms with Crippen molar-refractivity contribution in [1.82, 2.24) is 0 Å². The summed E-state index contributed by atoms with van der Waals surface area (Å²) < 4.78 is 0. The van der Waals surface area contributed by atoms with Gasteiger partial charge in [0.25, 0.3) is 0 Å². The van der Waals surface area contributed by atoms with Crippen molar-refractivity contribution in [3.05, 3.63) is 53.1 Å². The van der Waals surface area contributed by atoms with Crippen LogP contribution < -0.4 is 0 Å². The lowest BCUT2D eigenvalue weighted by Crippen LogP contribution is -2.21. The van der Waals surface area contributed by atoms with Crippen LogP contribution in [0.15, 0.2) is 47.0 Å². The van der Waals surface area contributed by atoms with Crippen molar-refractivity contribution in [2.24, 2.45) is 10.9 Å². The molecule has 3 rings (SSSR count). The van der Waals surface area contributed by atoms with E-state index in [1.165, 1.54) is 42.4 Å². The van der Waals surface area contributed by atoms with Gasteiger partial charge >= 0.3 is 0 Å². The molecular formula is C19H23N. The Morgan fingerprint density at radius 2 is 2.20 bits per heavy atom.